The van der Waals surface area contributed by atoms with Crippen molar-refractivity contribution in [3.63, 3.8) is 0 Å². The van der Waals surface area contributed by atoms with Gasteiger partial charge in [-0.2, -0.15) is 0 Å². The van der Waals surface area contributed by atoms with Crippen LogP contribution in [0.25, 0.3) is 0 Å². The molecule has 0 fully saturated rings. The van der Waals surface area contributed by atoms with E-state index in [1.54, 1.807) is 12.3 Å². The lowest BCUT2D eigenvalue weighted by atomic mass is 9.86. The topological polar surface area (TPSA) is 57.0 Å². The maximum atomic E-state index is 9.35. The summed E-state index contributed by atoms with van der Waals surface area (Å²) in [5.74, 6) is -0.0316. The van der Waals surface area contributed by atoms with Crippen LogP contribution in [0.5, 0.6) is 5.75 Å². The second-order valence-corrected chi connectivity index (χ2v) is 4.92. The predicted molar refractivity (Wildman–Crippen MR) is 61.8 cm³/mol. The third-order valence-electron chi connectivity index (χ3n) is 2.16. The summed E-state index contributed by atoms with van der Waals surface area (Å²) < 4.78 is 0. The summed E-state index contributed by atoms with van der Waals surface area (Å²) in [6.45, 7) is 5.95. The number of nitrogens with zero attached hydrogens (tertiary/aromatic N) is 1. The van der Waals surface area contributed by atoms with Crippen LogP contribution in [-0.2, 0) is 6.42 Å². The van der Waals surface area contributed by atoms with E-state index in [2.05, 4.69) is 4.98 Å². The first kappa shape index (κ1) is 12.0. The molecule has 0 radical (unpaired) electrons. The van der Waals surface area contributed by atoms with Gasteiger partial charge in [0, 0.05) is 18.3 Å². The van der Waals surface area contributed by atoms with E-state index in [1.165, 1.54) is 0 Å². The molecule has 0 atom stereocenters. The molecule has 15 heavy (non-hydrogen) atoms. The lowest BCUT2D eigenvalue weighted by molar-refractivity contribution is 0.472. The van der Waals surface area contributed by atoms with Crippen molar-refractivity contribution in [1.29, 1.82) is 5.41 Å². The van der Waals surface area contributed by atoms with Gasteiger partial charge in [-0.1, -0.05) is 32.4 Å². The minimum absolute atomic E-state index is 0.0316. The van der Waals surface area contributed by atoms with Crippen LogP contribution < -0.4 is 0 Å². The molecule has 1 rings (SSSR count). The van der Waals surface area contributed by atoms with Crippen LogP contribution in [0.4, 0.5) is 0 Å². The molecule has 0 amide bonds. The van der Waals surface area contributed by atoms with Crippen LogP contribution >= 0.6 is 11.6 Å². The van der Waals surface area contributed by atoms with Gasteiger partial charge in [-0.05, 0) is 17.0 Å². The number of nitrogens with one attached hydrogen (secondary N) is 1. The fraction of sp³-hybridized carbons (Fsp3) is 0.455. The van der Waals surface area contributed by atoms with Crippen molar-refractivity contribution in [2.24, 2.45) is 5.41 Å². The highest BCUT2D eigenvalue weighted by atomic mass is 35.5. The largest absolute Gasteiger partial charge is 0.505 e. The molecule has 0 aliphatic heterocycles. The van der Waals surface area contributed by atoms with E-state index in [9.17, 15) is 5.11 Å². The highest BCUT2D eigenvalue weighted by Gasteiger charge is 2.17. The van der Waals surface area contributed by atoms with Crippen LogP contribution in [0.1, 0.15) is 26.3 Å². The molecular weight excluding hydrogens is 212 g/mol. The number of hydrogen-bond acceptors (Lipinski definition) is 3. The van der Waals surface area contributed by atoms with Crippen molar-refractivity contribution >= 4 is 17.3 Å². The normalized spacial score (nSPS) is 11.5. The first-order chi connectivity index (χ1) is 6.80. The number of hydrogen-bond donors (Lipinski definition) is 2. The first-order valence-corrected chi connectivity index (χ1v) is 5.10. The zero-order valence-electron chi connectivity index (χ0n) is 9.13. The second kappa shape index (κ2) is 4.19. The smallest absolute Gasteiger partial charge is 0.170 e. The summed E-state index contributed by atoms with van der Waals surface area (Å²) in [5.41, 5.74) is 1.25. The molecule has 82 valence electrons. The zero-order valence-corrected chi connectivity index (χ0v) is 9.89. The van der Waals surface area contributed by atoms with E-state index in [0.29, 0.717) is 12.1 Å². The molecule has 0 bridgehead atoms. The average molecular weight is 227 g/mol. The summed E-state index contributed by atoms with van der Waals surface area (Å²) in [7, 11) is 0. The maximum absolute atomic E-state index is 9.35. The molecular formula is C11H15ClN2O. The Hall–Kier alpha value is -1.09. The second-order valence-electron chi connectivity index (χ2n) is 4.56. The van der Waals surface area contributed by atoms with Gasteiger partial charge < -0.3 is 10.5 Å². The van der Waals surface area contributed by atoms with E-state index in [0.717, 1.165) is 5.56 Å². The van der Waals surface area contributed by atoms with Gasteiger partial charge in [0.1, 0.15) is 0 Å². The molecule has 3 nitrogen and oxygen atoms in total. The average Bonchev–Trinajstić information content (AvgIpc) is 2.10. The van der Waals surface area contributed by atoms with Crippen LogP contribution in [0, 0.1) is 10.8 Å². The lowest BCUT2D eigenvalue weighted by Crippen LogP contribution is -2.21. The molecule has 0 unspecified atom stereocenters. The van der Waals surface area contributed by atoms with E-state index in [4.69, 9.17) is 17.0 Å². The van der Waals surface area contributed by atoms with Crippen molar-refractivity contribution in [2.75, 3.05) is 0 Å². The summed E-state index contributed by atoms with van der Waals surface area (Å²) in [5, 5.41) is 17.3. The molecule has 0 aliphatic rings. The fourth-order valence-electron chi connectivity index (χ4n) is 1.04. The van der Waals surface area contributed by atoms with Gasteiger partial charge >= 0.3 is 0 Å². The Morgan fingerprint density at radius 1 is 1.53 bits per heavy atom. The van der Waals surface area contributed by atoms with Crippen molar-refractivity contribution in [2.45, 2.75) is 27.2 Å². The van der Waals surface area contributed by atoms with E-state index in [1.807, 2.05) is 20.8 Å². The molecule has 1 aromatic heterocycles. The molecule has 0 saturated heterocycles. The fourth-order valence-corrected chi connectivity index (χ4v) is 1.15. The maximum Gasteiger partial charge on any atom is 0.170 e. The van der Waals surface area contributed by atoms with Crippen LogP contribution in [0.2, 0.25) is 5.15 Å². The van der Waals surface area contributed by atoms with Gasteiger partial charge in [-0.3, -0.25) is 0 Å². The van der Waals surface area contributed by atoms with Gasteiger partial charge in [0.25, 0.3) is 0 Å². The standard InChI is InChI=1S/C11H15ClN2O/c1-11(2,3)9(13)5-7-4-8(15)10(12)14-6-7/h4,6,13,15H,5H2,1-3H3. The van der Waals surface area contributed by atoms with Crippen molar-refractivity contribution in [3.05, 3.63) is 23.0 Å². The third kappa shape index (κ3) is 3.20. The number of pyridine rings is 1. The van der Waals surface area contributed by atoms with Crippen molar-refractivity contribution in [3.8, 4) is 5.75 Å². The Morgan fingerprint density at radius 2 is 2.13 bits per heavy atom. The van der Waals surface area contributed by atoms with Gasteiger partial charge in [0.2, 0.25) is 0 Å². The summed E-state index contributed by atoms with van der Waals surface area (Å²) in [6.07, 6.45) is 2.07. The Morgan fingerprint density at radius 3 is 2.60 bits per heavy atom. The molecule has 1 heterocycles. The molecule has 0 aliphatic carbocycles. The molecule has 2 N–H and O–H groups in total. The molecule has 0 saturated carbocycles. The predicted octanol–water partition coefficient (Wildman–Crippen LogP) is 3.05. The monoisotopic (exact) mass is 226 g/mol. The van der Waals surface area contributed by atoms with Gasteiger partial charge in [-0.25, -0.2) is 4.98 Å². The van der Waals surface area contributed by atoms with Crippen LogP contribution in [0.15, 0.2) is 12.3 Å². The SMILES string of the molecule is CC(C)(C)C(=N)Cc1cnc(Cl)c(O)c1. The third-order valence-corrected chi connectivity index (χ3v) is 2.45. The van der Waals surface area contributed by atoms with Crippen LogP contribution in [-0.4, -0.2) is 15.8 Å². The van der Waals surface area contributed by atoms with E-state index >= 15 is 0 Å². The first-order valence-electron chi connectivity index (χ1n) is 4.72. The Bertz CT molecular complexity index is 383. The quantitative estimate of drug-likeness (QED) is 0.602. The highest BCUT2D eigenvalue weighted by molar-refractivity contribution is 6.30. The Balaban J connectivity index is 2.83. The van der Waals surface area contributed by atoms with Gasteiger partial charge in [0.05, 0.1) is 0 Å². The van der Waals surface area contributed by atoms with Crippen molar-refractivity contribution in [1.82, 2.24) is 4.98 Å². The number of aromatic hydroxyl groups is 1. The molecule has 0 aromatic carbocycles. The number of rotatable bonds is 2. The zero-order chi connectivity index (χ0) is 11.6. The summed E-state index contributed by atoms with van der Waals surface area (Å²) >= 11 is 5.59. The van der Waals surface area contributed by atoms with Gasteiger partial charge in [0.15, 0.2) is 10.9 Å². The van der Waals surface area contributed by atoms with Crippen molar-refractivity contribution < 1.29 is 5.11 Å². The minimum Gasteiger partial charge on any atom is -0.505 e. The van der Waals surface area contributed by atoms with E-state index in [-0.39, 0.29) is 16.3 Å². The Kier molecular flexibility index (Phi) is 3.35. The number of aromatic nitrogens is 1. The molecule has 4 heteroatoms. The summed E-state index contributed by atoms with van der Waals surface area (Å²) in [6, 6.07) is 1.55. The van der Waals surface area contributed by atoms with Gasteiger partial charge in [-0.15, -0.1) is 0 Å². The molecule has 1 aromatic rings. The minimum atomic E-state index is -0.157. The van der Waals surface area contributed by atoms with Crippen LogP contribution in [0.3, 0.4) is 0 Å². The summed E-state index contributed by atoms with van der Waals surface area (Å²) in [4.78, 5) is 3.83. The lowest BCUT2D eigenvalue weighted by Gasteiger charge is -2.19. The van der Waals surface area contributed by atoms with E-state index < -0.39 is 0 Å². The molecule has 0 spiro atoms. The number of halogens is 1. The Labute approximate surface area is 94.6 Å². The highest BCUT2D eigenvalue weighted by Crippen LogP contribution is 2.23.